The van der Waals surface area contributed by atoms with Crippen LogP contribution in [0.15, 0.2) is 54.7 Å². The maximum Gasteiger partial charge on any atom is 0.417 e. The van der Waals surface area contributed by atoms with Crippen molar-refractivity contribution >= 4 is 17.6 Å². The van der Waals surface area contributed by atoms with Gasteiger partial charge in [0.25, 0.3) is 0 Å². The average Bonchev–Trinajstić information content (AvgIpc) is 2.77. The highest BCUT2D eigenvalue weighted by Crippen LogP contribution is 2.25. The van der Waals surface area contributed by atoms with Crippen molar-refractivity contribution in [2.45, 2.75) is 6.92 Å². The number of aryl methyl sites for hydroxylation is 1. The molecular weight excluding hydrogens is 387 g/mol. The molecule has 0 spiro atoms. The summed E-state index contributed by atoms with van der Waals surface area (Å²) in [4.78, 5) is 23.1. The predicted molar refractivity (Wildman–Crippen MR) is 111 cm³/mol. The predicted octanol–water partition coefficient (Wildman–Crippen LogP) is 4.04. The van der Waals surface area contributed by atoms with Gasteiger partial charge >= 0.3 is 6.09 Å². The third-order valence-corrected chi connectivity index (χ3v) is 4.67. The fourth-order valence-electron chi connectivity index (χ4n) is 3.15. The van der Waals surface area contributed by atoms with Gasteiger partial charge < -0.3 is 14.4 Å². The molecule has 1 saturated heterocycles. The first kappa shape index (κ1) is 19.8. The summed E-state index contributed by atoms with van der Waals surface area (Å²) in [5, 5.41) is 2.41. The van der Waals surface area contributed by atoms with Gasteiger partial charge in [0.05, 0.1) is 18.9 Å². The van der Waals surface area contributed by atoms with Crippen molar-refractivity contribution in [3.63, 3.8) is 0 Å². The van der Waals surface area contributed by atoms with E-state index in [1.807, 2.05) is 6.92 Å². The number of morpholine rings is 1. The number of nitrogens with one attached hydrogen (secondary N) is 1. The Morgan fingerprint density at radius 2 is 1.93 bits per heavy atom. The molecule has 0 bridgehead atoms. The van der Waals surface area contributed by atoms with Gasteiger partial charge in [-0.2, -0.15) is 0 Å². The minimum Gasteiger partial charge on any atom is -0.410 e. The van der Waals surface area contributed by atoms with Crippen molar-refractivity contribution in [1.82, 2.24) is 9.97 Å². The van der Waals surface area contributed by atoms with Gasteiger partial charge in [0, 0.05) is 30.4 Å². The number of hydrogen-bond acceptors (Lipinski definition) is 6. The Hall–Kier alpha value is -3.52. The summed E-state index contributed by atoms with van der Waals surface area (Å²) in [6.07, 6.45) is 0.961. The van der Waals surface area contributed by atoms with Crippen molar-refractivity contribution in [3.8, 4) is 17.1 Å². The molecule has 7 nitrogen and oxygen atoms in total. The number of carbonyl (C=O) groups is 1. The van der Waals surface area contributed by atoms with Crippen LogP contribution in [0.5, 0.6) is 5.75 Å². The zero-order valence-corrected chi connectivity index (χ0v) is 16.5. The van der Waals surface area contributed by atoms with E-state index in [0.29, 0.717) is 30.4 Å². The molecule has 8 heteroatoms. The van der Waals surface area contributed by atoms with Crippen molar-refractivity contribution in [3.05, 3.63) is 66.1 Å². The van der Waals surface area contributed by atoms with E-state index in [2.05, 4.69) is 20.2 Å². The van der Waals surface area contributed by atoms with E-state index in [1.54, 1.807) is 42.6 Å². The Labute approximate surface area is 173 Å². The molecule has 1 N–H and O–H groups in total. The molecule has 0 aliphatic carbocycles. The summed E-state index contributed by atoms with van der Waals surface area (Å²) in [6, 6.07) is 13.0. The fourth-order valence-corrected chi connectivity index (χ4v) is 3.15. The van der Waals surface area contributed by atoms with Crippen molar-refractivity contribution < 1.29 is 18.7 Å². The molecule has 2 aromatic carbocycles. The quantitative estimate of drug-likeness (QED) is 0.702. The van der Waals surface area contributed by atoms with E-state index in [0.717, 1.165) is 24.5 Å². The maximum atomic E-state index is 14.6. The van der Waals surface area contributed by atoms with Gasteiger partial charge in [-0.15, -0.1) is 0 Å². The highest BCUT2D eigenvalue weighted by Gasteiger charge is 2.17. The van der Waals surface area contributed by atoms with Crippen LogP contribution in [0.4, 0.5) is 20.7 Å². The molecule has 154 valence electrons. The van der Waals surface area contributed by atoms with Gasteiger partial charge in [-0.25, -0.2) is 19.2 Å². The molecule has 0 radical (unpaired) electrons. The summed E-state index contributed by atoms with van der Waals surface area (Å²) in [5.74, 6) is 1.00. The zero-order chi connectivity index (χ0) is 20.9. The van der Waals surface area contributed by atoms with Gasteiger partial charge in [-0.05, 0) is 37.3 Å². The van der Waals surface area contributed by atoms with Crippen molar-refractivity contribution in [1.29, 1.82) is 0 Å². The fraction of sp³-hybridized carbons (Fsp3) is 0.227. The molecule has 1 aliphatic heterocycles. The van der Waals surface area contributed by atoms with Gasteiger partial charge in [-0.1, -0.05) is 18.2 Å². The van der Waals surface area contributed by atoms with Crippen LogP contribution < -0.4 is 15.0 Å². The first-order valence-corrected chi connectivity index (χ1v) is 9.60. The lowest BCUT2D eigenvalue weighted by molar-refractivity contribution is 0.122. The standard InChI is InChI=1S/C22H21FN4O3/c1-15-14-24-20(26-21(15)27-9-11-29-12-10-27)16-7-8-19(18(23)13-16)25-22(28)30-17-5-3-2-4-6-17/h2-8,13-14H,9-12H2,1H3,(H,25,28). The van der Waals surface area contributed by atoms with Gasteiger partial charge in [-0.3, -0.25) is 5.32 Å². The number of anilines is 2. The van der Waals surface area contributed by atoms with Crippen LogP contribution in [0.1, 0.15) is 5.56 Å². The molecule has 0 saturated carbocycles. The molecule has 1 fully saturated rings. The average molecular weight is 408 g/mol. The van der Waals surface area contributed by atoms with Crippen LogP contribution in [0.25, 0.3) is 11.4 Å². The zero-order valence-electron chi connectivity index (χ0n) is 16.5. The van der Waals surface area contributed by atoms with E-state index >= 15 is 0 Å². The minimum absolute atomic E-state index is 0.0141. The van der Waals surface area contributed by atoms with Crippen molar-refractivity contribution in [2.75, 3.05) is 36.5 Å². The largest absolute Gasteiger partial charge is 0.417 e. The van der Waals surface area contributed by atoms with Crippen LogP contribution in [-0.2, 0) is 4.74 Å². The number of rotatable bonds is 4. The van der Waals surface area contributed by atoms with E-state index < -0.39 is 11.9 Å². The highest BCUT2D eigenvalue weighted by molar-refractivity contribution is 5.86. The summed E-state index contributed by atoms with van der Waals surface area (Å²) in [6.45, 7) is 4.73. The Kier molecular flexibility index (Phi) is 5.85. The van der Waals surface area contributed by atoms with Crippen LogP contribution in [-0.4, -0.2) is 42.4 Å². The lowest BCUT2D eigenvalue weighted by atomic mass is 10.1. The molecule has 1 amide bonds. The van der Waals surface area contributed by atoms with Crippen LogP contribution in [0, 0.1) is 12.7 Å². The molecule has 1 aliphatic rings. The highest BCUT2D eigenvalue weighted by atomic mass is 19.1. The molecule has 1 aromatic heterocycles. The SMILES string of the molecule is Cc1cnc(-c2ccc(NC(=O)Oc3ccccc3)c(F)c2)nc1N1CCOCC1. The molecular formula is C22H21FN4O3. The smallest absolute Gasteiger partial charge is 0.410 e. The summed E-state index contributed by atoms with van der Waals surface area (Å²) < 4.78 is 25.1. The molecule has 0 unspecified atom stereocenters. The van der Waals surface area contributed by atoms with Crippen LogP contribution >= 0.6 is 0 Å². The Morgan fingerprint density at radius 1 is 1.17 bits per heavy atom. The summed E-state index contributed by atoms with van der Waals surface area (Å²) in [7, 11) is 0. The van der Waals surface area contributed by atoms with E-state index in [1.165, 1.54) is 12.1 Å². The van der Waals surface area contributed by atoms with Gasteiger partial charge in [0.1, 0.15) is 17.4 Å². The van der Waals surface area contributed by atoms with E-state index in [9.17, 15) is 9.18 Å². The molecule has 4 rings (SSSR count). The number of halogens is 1. The number of amides is 1. The number of carbonyl (C=O) groups excluding carboxylic acids is 1. The molecule has 30 heavy (non-hydrogen) atoms. The van der Waals surface area contributed by atoms with Gasteiger partial charge in [0.15, 0.2) is 5.82 Å². The number of benzene rings is 2. The van der Waals surface area contributed by atoms with E-state index in [4.69, 9.17) is 9.47 Å². The minimum atomic E-state index is -0.769. The number of para-hydroxylation sites is 1. The Balaban J connectivity index is 1.51. The summed E-state index contributed by atoms with van der Waals surface area (Å²) in [5.41, 5.74) is 1.48. The lowest BCUT2D eigenvalue weighted by Crippen LogP contribution is -2.37. The second kappa shape index (κ2) is 8.87. The third kappa shape index (κ3) is 4.55. The Morgan fingerprint density at radius 3 is 2.67 bits per heavy atom. The normalized spacial score (nSPS) is 13.7. The third-order valence-electron chi connectivity index (χ3n) is 4.67. The number of nitrogens with zero attached hydrogens (tertiary/aromatic N) is 3. The number of hydrogen-bond donors (Lipinski definition) is 1. The molecule has 3 aromatic rings. The van der Waals surface area contributed by atoms with Crippen molar-refractivity contribution in [2.24, 2.45) is 0 Å². The second-order valence-corrected chi connectivity index (χ2v) is 6.82. The first-order chi connectivity index (χ1) is 14.6. The lowest BCUT2D eigenvalue weighted by Gasteiger charge is -2.29. The van der Waals surface area contributed by atoms with Crippen LogP contribution in [0.2, 0.25) is 0 Å². The maximum absolute atomic E-state index is 14.6. The number of aromatic nitrogens is 2. The summed E-state index contributed by atoms with van der Waals surface area (Å²) >= 11 is 0. The van der Waals surface area contributed by atoms with E-state index in [-0.39, 0.29) is 5.69 Å². The number of ether oxygens (including phenoxy) is 2. The Bertz CT molecular complexity index is 1040. The molecule has 0 atom stereocenters. The van der Waals surface area contributed by atoms with Gasteiger partial charge in [0.2, 0.25) is 0 Å². The van der Waals surface area contributed by atoms with Crippen LogP contribution in [0.3, 0.4) is 0 Å². The topological polar surface area (TPSA) is 76.6 Å². The monoisotopic (exact) mass is 408 g/mol. The first-order valence-electron chi connectivity index (χ1n) is 9.60. The second-order valence-electron chi connectivity index (χ2n) is 6.82. The molecule has 2 heterocycles.